The van der Waals surface area contributed by atoms with Crippen molar-refractivity contribution in [3.63, 3.8) is 0 Å². The Labute approximate surface area is 78.8 Å². The molecule has 4 heteroatoms. The van der Waals surface area contributed by atoms with Gasteiger partial charge in [0, 0.05) is 27.1 Å². The molecule has 4 nitrogen and oxygen atoms in total. The van der Waals surface area contributed by atoms with Crippen LogP contribution in [0.1, 0.15) is 26.2 Å². The van der Waals surface area contributed by atoms with Crippen molar-refractivity contribution in [2.75, 3.05) is 14.2 Å². The largest absolute Gasteiger partial charge is 0.481 e. The molecule has 78 valence electrons. The molecular formula is C9H18O4. The van der Waals surface area contributed by atoms with E-state index in [0.29, 0.717) is 12.3 Å². The van der Waals surface area contributed by atoms with E-state index in [0.717, 1.165) is 6.42 Å². The van der Waals surface area contributed by atoms with Gasteiger partial charge in [-0.15, -0.1) is 0 Å². The molecule has 0 aliphatic heterocycles. The predicted octanol–water partition coefficient (Wildman–Crippen LogP) is 1.50. The number of rotatable bonds is 7. The van der Waals surface area contributed by atoms with Crippen LogP contribution in [-0.2, 0) is 14.3 Å². The number of hydrogen-bond donors (Lipinski definition) is 1. The van der Waals surface area contributed by atoms with Gasteiger partial charge < -0.3 is 14.6 Å². The maximum Gasteiger partial charge on any atom is 0.303 e. The molecule has 0 fully saturated rings. The van der Waals surface area contributed by atoms with Crippen LogP contribution >= 0.6 is 0 Å². The second kappa shape index (κ2) is 6.86. The molecule has 0 amide bonds. The Balaban J connectivity index is 3.59. The lowest BCUT2D eigenvalue weighted by Crippen LogP contribution is -2.17. The van der Waals surface area contributed by atoms with Crippen LogP contribution < -0.4 is 0 Å². The van der Waals surface area contributed by atoms with E-state index in [1.807, 2.05) is 6.92 Å². The zero-order valence-corrected chi connectivity index (χ0v) is 8.45. The first kappa shape index (κ1) is 12.4. The molecule has 0 bridgehead atoms. The number of carboxylic acids is 1. The number of carbonyl (C=O) groups is 1. The minimum absolute atomic E-state index is 0.210. The molecule has 0 radical (unpaired) electrons. The standard InChI is InChI=1S/C9H18O4/c1-7(4-5-8(10)11)6-9(12-2)13-3/h7,9H,4-6H2,1-3H3,(H,10,11). The molecule has 1 N–H and O–H groups in total. The summed E-state index contributed by atoms with van der Waals surface area (Å²) in [7, 11) is 3.16. The molecule has 1 unspecified atom stereocenters. The van der Waals surface area contributed by atoms with Crippen LogP contribution in [0.25, 0.3) is 0 Å². The van der Waals surface area contributed by atoms with Crippen molar-refractivity contribution in [1.29, 1.82) is 0 Å². The van der Waals surface area contributed by atoms with Gasteiger partial charge in [-0.3, -0.25) is 4.79 Å². The summed E-state index contributed by atoms with van der Waals surface area (Å²) in [5, 5.41) is 8.45. The zero-order valence-electron chi connectivity index (χ0n) is 8.45. The highest BCUT2D eigenvalue weighted by Crippen LogP contribution is 2.14. The average molecular weight is 190 g/mol. The Morgan fingerprint density at radius 2 is 1.92 bits per heavy atom. The maximum atomic E-state index is 10.3. The van der Waals surface area contributed by atoms with Gasteiger partial charge in [-0.2, -0.15) is 0 Å². The van der Waals surface area contributed by atoms with Gasteiger partial charge in [0.15, 0.2) is 6.29 Å². The fraction of sp³-hybridized carbons (Fsp3) is 0.889. The van der Waals surface area contributed by atoms with Crippen molar-refractivity contribution in [2.45, 2.75) is 32.5 Å². The monoisotopic (exact) mass is 190 g/mol. The maximum absolute atomic E-state index is 10.3. The first-order valence-corrected chi connectivity index (χ1v) is 4.37. The third-order valence-electron chi connectivity index (χ3n) is 1.97. The fourth-order valence-corrected chi connectivity index (χ4v) is 1.10. The highest BCUT2D eigenvalue weighted by molar-refractivity contribution is 5.66. The summed E-state index contributed by atoms with van der Waals surface area (Å²) >= 11 is 0. The smallest absolute Gasteiger partial charge is 0.303 e. The van der Waals surface area contributed by atoms with E-state index < -0.39 is 5.97 Å². The first-order valence-electron chi connectivity index (χ1n) is 4.37. The quantitative estimate of drug-likeness (QED) is 0.618. The van der Waals surface area contributed by atoms with Gasteiger partial charge in [-0.25, -0.2) is 0 Å². The van der Waals surface area contributed by atoms with Gasteiger partial charge in [-0.1, -0.05) is 6.92 Å². The van der Waals surface area contributed by atoms with E-state index in [1.165, 1.54) is 0 Å². The van der Waals surface area contributed by atoms with Gasteiger partial charge in [0.05, 0.1) is 0 Å². The minimum atomic E-state index is -0.752. The van der Waals surface area contributed by atoms with E-state index >= 15 is 0 Å². The summed E-state index contributed by atoms with van der Waals surface area (Å²) < 4.78 is 10.0. The van der Waals surface area contributed by atoms with E-state index in [4.69, 9.17) is 14.6 Å². The van der Waals surface area contributed by atoms with Gasteiger partial charge in [0.2, 0.25) is 0 Å². The Morgan fingerprint density at radius 1 is 1.38 bits per heavy atom. The Kier molecular flexibility index (Phi) is 6.54. The second-order valence-corrected chi connectivity index (χ2v) is 3.17. The average Bonchev–Trinajstić information content (AvgIpc) is 2.10. The third-order valence-corrected chi connectivity index (χ3v) is 1.97. The minimum Gasteiger partial charge on any atom is -0.481 e. The van der Waals surface area contributed by atoms with Gasteiger partial charge in [-0.05, 0) is 12.3 Å². The number of hydrogen-bond acceptors (Lipinski definition) is 3. The molecule has 13 heavy (non-hydrogen) atoms. The summed E-state index contributed by atoms with van der Waals surface area (Å²) in [4.78, 5) is 10.3. The van der Waals surface area contributed by atoms with E-state index in [-0.39, 0.29) is 12.7 Å². The summed E-state index contributed by atoms with van der Waals surface area (Å²) in [6.07, 6.45) is 1.39. The summed E-state index contributed by atoms with van der Waals surface area (Å²) in [6, 6.07) is 0. The van der Waals surface area contributed by atoms with Crippen molar-refractivity contribution in [3.05, 3.63) is 0 Å². The van der Waals surface area contributed by atoms with Crippen LogP contribution in [0.15, 0.2) is 0 Å². The van der Waals surface area contributed by atoms with Crippen LogP contribution in [0.2, 0.25) is 0 Å². The molecule has 0 heterocycles. The van der Waals surface area contributed by atoms with E-state index in [2.05, 4.69) is 0 Å². The van der Waals surface area contributed by atoms with Gasteiger partial charge >= 0.3 is 5.97 Å². The van der Waals surface area contributed by atoms with E-state index in [1.54, 1.807) is 14.2 Å². The molecule has 1 atom stereocenters. The van der Waals surface area contributed by atoms with Crippen LogP contribution in [-0.4, -0.2) is 31.6 Å². The first-order chi connectivity index (χ1) is 6.10. The van der Waals surface area contributed by atoms with Crippen molar-refractivity contribution >= 4 is 5.97 Å². The molecule has 0 spiro atoms. The number of carboxylic acid groups (broad SMARTS) is 1. The van der Waals surface area contributed by atoms with Gasteiger partial charge in [0.25, 0.3) is 0 Å². The van der Waals surface area contributed by atoms with Crippen LogP contribution in [0, 0.1) is 5.92 Å². The third kappa shape index (κ3) is 6.54. The molecule has 0 aromatic heterocycles. The zero-order chi connectivity index (χ0) is 10.3. The summed E-state index contributed by atoms with van der Waals surface area (Å²) in [6.45, 7) is 1.99. The lowest BCUT2D eigenvalue weighted by molar-refractivity contribution is -0.138. The van der Waals surface area contributed by atoms with Crippen LogP contribution in [0.4, 0.5) is 0 Å². The van der Waals surface area contributed by atoms with Crippen LogP contribution in [0.5, 0.6) is 0 Å². The van der Waals surface area contributed by atoms with Crippen molar-refractivity contribution in [1.82, 2.24) is 0 Å². The number of ether oxygens (including phenoxy) is 2. The topological polar surface area (TPSA) is 55.8 Å². The molecule has 0 rings (SSSR count). The SMILES string of the molecule is COC(CC(C)CCC(=O)O)OC. The highest BCUT2D eigenvalue weighted by Gasteiger charge is 2.12. The second-order valence-electron chi connectivity index (χ2n) is 3.17. The molecule has 0 saturated heterocycles. The number of aliphatic carboxylic acids is 1. The van der Waals surface area contributed by atoms with Gasteiger partial charge in [0.1, 0.15) is 0 Å². The molecular weight excluding hydrogens is 172 g/mol. The fourth-order valence-electron chi connectivity index (χ4n) is 1.10. The van der Waals surface area contributed by atoms with Crippen molar-refractivity contribution in [2.24, 2.45) is 5.92 Å². The molecule has 0 aliphatic carbocycles. The summed E-state index contributed by atoms with van der Waals surface area (Å²) in [5.41, 5.74) is 0. The van der Waals surface area contributed by atoms with Crippen LogP contribution in [0.3, 0.4) is 0 Å². The van der Waals surface area contributed by atoms with Crippen molar-refractivity contribution < 1.29 is 19.4 Å². The Morgan fingerprint density at radius 3 is 2.31 bits per heavy atom. The lowest BCUT2D eigenvalue weighted by atomic mass is 10.0. The van der Waals surface area contributed by atoms with Crippen molar-refractivity contribution in [3.8, 4) is 0 Å². The lowest BCUT2D eigenvalue weighted by Gasteiger charge is -2.17. The Hall–Kier alpha value is -0.610. The Bertz CT molecular complexity index is 143. The highest BCUT2D eigenvalue weighted by atomic mass is 16.7. The molecule has 0 aliphatic rings. The van der Waals surface area contributed by atoms with E-state index in [9.17, 15) is 4.79 Å². The normalized spacial score (nSPS) is 13.2. The molecule has 0 aromatic rings. The molecule has 0 saturated carbocycles. The number of methoxy groups -OCH3 is 2. The predicted molar refractivity (Wildman–Crippen MR) is 48.5 cm³/mol. The summed E-state index contributed by atoms with van der Waals surface area (Å²) in [5.74, 6) is -0.445. The molecule has 0 aromatic carbocycles.